The molecule has 1 unspecified atom stereocenters. The molecule has 5 nitrogen and oxygen atoms in total. The lowest BCUT2D eigenvalue weighted by atomic mass is 10.1. The molecule has 1 atom stereocenters. The van der Waals surface area contributed by atoms with Crippen molar-refractivity contribution in [1.82, 2.24) is 20.4 Å². The minimum absolute atomic E-state index is 0.0622. The molecule has 0 bridgehead atoms. The van der Waals surface area contributed by atoms with Crippen LogP contribution in [-0.4, -0.2) is 22.7 Å². The topological polar surface area (TPSA) is 59.0 Å². The van der Waals surface area contributed by atoms with E-state index in [1.165, 1.54) is 0 Å². The third-order valence-electron chi connectivity index (χ3n) is 3.37. The Balaban J connectivity index is 2.03. The van der Waals surface area contributed by atoms with Crippen molar-refractivity contribution >= 4 is 21.8 Å². The van der Waals surface area contributed by atoms with Crippen LogP contribution in [-0.2, 0) is 18.4 Å². The highest BCUT2D eigenvalue weighted by Crippen LogP contribution is 2.16. The average molecular weight is 351 g/mol. The molecule has 2 N–H and O–H groups in total. The lowest BCUT2D eigenvalue weighted by Crippen LogP contribution is -2.35. The number of halogens is 1. The number of nitrogens with zero attached hydrogens (tertiary/aromatic N) is 2. The molecule has 0 saturated carbocycles. The standard InChI is InChI=1S/C15H19BrN4O/c1-10-6-13(16)5-4-11(10)7-18-15(21)14(17-2)12-8-19-20(3)9-12/h4-6,8-9,14,17H,7H2,1-3H3,(H,18,21). The van der Waals surface area contributed by atoms with Crippen LogP contribution in [0.4, 0.5) is 0 Å². The highest BCUT2D eigenvalue weighted by molar-refractivity contribution is 9.10. The molecule has 1 heterocycles. The van der Waals surface area contributed by atoms with Crippen LogP contribution < -0.4 is 10.6 Å². The van der Waals surface area contributed by atoms with Crippen molar-refractivity contribution in [1.29, 1.82) is 0 Å². The molecule has 0 aliphatic carbocycles. The van der Waals surface area contributed by atoms with Gasteiger partial charge in [-0.15, -0.1) is 0 Å². The van der Waals surface area contributed by atoms with Crippen LogP contribution in [0.15, 0.2) is 35.1 Å². The summed E-state index contributed by atoms with van der Waals surface area (Å²) in [5.41, 5.74) is 3.10. The molecular weight excluding hydrogens is 332 g/mol. The van der Waals surface area contributed by atoms with E-state index in [1.54, 1.807) is 17.9 Å². The van der Waals surface area contributed by atoms with Crippen LogP contribution in [0.25, 0.3) is 0 Å². The number of carbonyl (C=O) groups excluding carboxylic acids is 1. The van der Waals surface area contributed by atoms with Crippen LogP contribution in [0.3, 0.4) is 0 Å². The van der Waals surface area contributed by atoms with Gasteiger partial charge in [-0.3, -0.25) is 9.48 Å². The molecule has 0 radical (unpaired) electrons. The maximum atomic E-state index is 12.3. The predicted octanol–water partition coefficient (Wildman–Crippen LogP) is 2.07. The lowest BCUT2D eigenvalue weighted by Gasteiger charge is -2.15. The van der Waals surface area contributed by atoms with Crippen molar-refractivity contribution in [3.8, 4) is 0 Å². The van der Waals surface area contributed by atoms with Gasteiger partial charge in [0.25, 0.3) is 0 Å². The van der Waals surface area contributed by atoms with Gasteiger partial charge in [0, 0.05) is 29.8 Å². The minimum atomic E-state index is -0.394. The van der Waals surface area contributed by atoms with E-state index in [2.05, 4.69) is 31.7 Å². The van der Waals surface area contributed by atoms with Gasteiger partial charge in [0.05, 0.1) is 6.20 Å². The lowest BCUT2D eigenvalue weighted by molar-refractivity contribution is -0.123. The molecule has 6 heteroatoms. The molecule has 0 spiro atoms. The third kappa shape index (κ3) is 3.92. The molecular formula is C15H19BrN4O. The Hall–Kier alpha value is -1.66. The van der Waals surface area contributed by atoms with Gasteiger partial charge in [-0.05, 0) is 37.2 Å². The Morgan fingerprint density at radius 3 is 2.81 bits per heavy atom. The summed E-state index contributed by atoms with van der Waals surface area (Å²) >= 11 is 3.44. The first-order valence-corrected chi connectivity index (χ1v) is 7.49. The number of hydrogen-bond donors (Lipinski definition) is 2. The molecule has 0 aliphatic rings. The number of aromatic nitrogens is 2. The smallest absolute Gasteiger partial charge is 0.242 e. The Kier molecular flexibility index (Phi) is 5.14. The second-order valence-electron chi connectivity index (χ2n) is 4.96. The van der Waals surface area contributed by atoms with Crippen molar-refractivity contribution in [3.05, 3.63) is 51.8 Å². The maximum absolute atomic E-state index is 12.3. The Bertz CT molecular complexity index is 638. The molecule has 2 rings (SSSR count). The van der Waals surface area contributed by atoms with Gasteiger partial charge in [0.15, 0.2) is 0 Å². The number of carbonyl (C=O) groups is 1. The van der Waals surface area contributed by atoms with E-state index in [-0.39, 0.29) is 5.91 Å². The average Bonchev–Trinajstić information content (AvgIpc) is 2.85. The summed E-state index contributed by atoms with van der Waals surface area (Å²) in [5.74, 6) is -0.0622. The molecule has 2 aromatic rings. The van der Waals surface area contributed by atoms with Crippen molar-refractivity contribution < 1.29 is 4.79 Å². The number of aryl methyl sites for hydroxylation is 2. The zero-order chi connectivity index (χ0) is 15.4. The fraction of sp³-hybridized carbons (Fsp3) is 0.333. The molecule has 1 aromatic heterocycles. The van der Waals surface area contributed by atoms with E-state index in [0.29, 0.717) is 6.54 Å². The first-order chi connectivity index (χ1) is 10.0. The quantitative estimate of drug-likeness (QED) is 0.867. The van der Waals surface area contributed by atoms with E-state index in [4.69, 9.17) is 0 Å². The summed E-state index contributed by atoms with van der Waals surface area (Å²) in [6.45, 7) is 2.54. The Labute approximate surface area is 132 Å². The zero-order valence-electron chi connectivity index (χ0n) is 12.4. The summed E-state index contributed by atoms with van der Waals surface area (Å²) in [4.78, 5) is 12.3. The van der Waals surface area contributed by atoms with E-state index >= 15 is 0 Å². The van der Waals surface area contributed by atoms with Crippen molar-refractivity contribution in [2.24, 2.45) is 7.05 Å². The van der Waals surface area contributed by atoms with Gasteiger partial charge < -0.3 is 10.6 Å². The Morgan fingerprint density at radius 2 is 2.24 bits per heavy atom. The highest BCUT2D eigenvalue weighted by Gasteiger charge is 2.19. The van der Waals surface area contributed by atoms with Gasteiger partial charge >= 0.3 is 0 Å². The van der Waals surface area contributed by atoms with Crippen LogP contribution in [0, 0.1) is 6.92 Å². The predicted molar refractivity (Wildman–Crippen MR) is 85.7 cm³/mol. The van der Waals surface area contributed by atoms with Crippen molar-refractivity contribution in [2.45, 2.75) is 19.5 Å². The Morgan fingerprint density at radius 1 is 1.48 bits per heavy atom. The van der Waals surface area contributed by atoms with Gasteiger partial charge in [-0.2, -0.15) is 5.10 Å². The fourth-order valence-corrected chi connectivity index (χ4v) is 2.66. The summed E-state index contributed by atoms with van der Waals surface area (Å²) in [5, 5.41) is 10.1. The van der Waals surface area contributed by atoms with Crippen molar-refractivity contribution in [2.75, 3.05) is 7.05 Å². The molecule has 21 heavy (non-hydrogen) atoms. The van der Waals surface area contributed by atoms with Gasteiger partial charge in [-0.25, -0.2) is 0 Å². The van der Waals surface area contributed by atoms with Crippen LogP contribution in [0.5, 0.6) is 0 Å². The summed E-state index contributed by atoms with van der Waals surface area (Å²) in [6, 6.07) is 5.64. The number of likely N-dealkylation sites (N-methyl/N-ethyl adjacent to an activating group) is 1. The van der Waals surface area contributed by atoms with E-state index in [9.17, 15) is 4.79 Å². The molecule has 0 saturated heterocycles. The monoisotopic (exact) mass is 350 g/mol. The first-order valence-electron chi connectivity index (χ1n) is 6.70. The fourth-order valence-electron chi connectivity index (χ4n) is 2.18. The van der Waals surface area contributed by atoms with Gasteiger partial charge in [0.2, 0.25) is 5.91 Å². The molecule has 0 aliphatic heterocycles. The minimum Gasteiger partial charge on any atom is -0.350 e. The molecule has 1 amide bonds. The third-order valence-corrected chi connectivity index (χ3v) is 3.86. The normalized spacial score (nSPS) is 12.2. The van der Waals surface area contributed by atoms with Gasteiger partial charge in [-0.1, -0.05) is 22.0 Å². The van der Waals surface area contributed by atoms with E-state index in [0.717, 1.165) is 21.2 Å². The van der Waals surface area contributed by atoms with Crippen molar-refractivity contribution in [3.63, 3.8) is 0 Å². The number of benzene rings is 1. The van der Waals surface area contributed by atoms with E-state index in [1.807, 2.05) is 38.4 Å². The van der Waals surface area contributed by atoms with Gasteiger partial charge in [0.1, 0.15) is 6.04 Å². The number of amides is 1. The van der Waals surface area contributed by atoms with Crippen LogP contribution >= 0.6 is 15.9 Å². The number of hydrogen-bond acceptors (Lipinski definition) is 3. The summed E-state index contributed by atoms with van der Waals surface area (Å²) in [7, 11) is 3.60. The first kappa shape index (κ1) is 15.7. The SMILES string of the molecule is CNC(C(=O)NCc1ccc(Br)cc1C)c1cnn(C)c1. The second kappa shape index (κ2) is 6.87. The molecule has 0 fully saturated rings. The van der Waals surface area contributed by atoms with Crippen LogP contribution in [0.2, 0.25) is 0 Å². The maximum Gasteiger partial charge on any atom is 0.242 e. The highest BCUT2D eigenvalue weighted by atomic mass is 79.9. The van der Waals surface area contributed by atoms with Crippen LogP contribution in [0.1, 0.15) is 22.7 Å². The largest absolute Gasteiger partial charge is 0.350 e. The van der Waals surface area contributed by atoms with E-state index < -0.39 is 6.04 Å². The summed E-state index contributed by atoms with van der Waals surface area (Å²) < 4.78 is 2.73. The number of rotatable bonds is 5. The molecule has 1 aromatic carbocycles. The zero-order valence-corrected chi connectivity index (χ0v) is 13.9. The second-order valence-corrected chi connectivity index (χ2v) is 5.87. The number of nitrogens with one attached hydrogen (secondary N) is 2. The summed E-state index contributed by atoms with van der Waals surface area (Å²) in [6.07, 6.45) is 3.54. The molecule has 112 valence electrons.